The number of nitrogens with two attached hydrogens (primary N) is 1. The lowest BCUT2D eigenvalue weighted by atomic mass is 10.2. The van der Waals surface area contributed by atoms with E-state index < -0.39 is 6.04 Å². The average molecular weight is 404 g/mol. The number of rotatable bonds is 6. The summed E-state index contributed by atoms with van der Waals surface area (Å²) in [6, 6.07) is 6.22. The Morgan fingerprint density at radius 2 is 2.08 bits per heavy atom. The molecule has 0 aliphatic heterocycles. The van der Waals surface area contributed by atoms with E-state index in [1.165, 1.54) is 16.7 Å². The number of carbonyl (C=O) groups excluding carboxylic acids is 2. The van der Waals surface area contributed by atoms with Crippen LogP contribution in [0, 0.1) is 0 Å². The lowest BCUT2D eigenvalue weighted by Crippen LogP contribution is -2.38. The number of hydrogen-bond donors (Lipinski definition) is 2. The molecule has 2 amide bonds. The molecular weight excluding hydrogens is 381 g/mol. The molecule has 26 heavy (non-hydrogen) atoms. The monoisotopic (exact) mass is 403 g/mol. The number of benzene rings is 1. The highest BCUT2D eigenvalue weighted by Crippen LogP contribution is 2.24. The van der Waals surface area contributed by atoms with E-state index in [1.807, 2.05) is 0 Å². The van der Waals surface area contributed by atoms with E-state index in [-0.39, 0.29) is 43.2 Å². The molecule has 0 radical (unpaired) electrons. The standard InChI is InChI=1S/C16H21N5O3.2ClH/c1-11(21-8-4-7-18-21)16(23)20(2)10-15(22)19-14-9-12(24-3)5-6-13(14)17;;/h4-9,11H,10,17H2,1-3H3,(H,19,22);2*1H. The third kappa shape index (κ3) is 5.82. The molecule has 8 nitrogen and oxygen atoms in total. The van der Waals surface area contributed by atoms with Crippen molar-refractivity contribution in [1.29, 1.82) is 0 Å². The van der Waals surface area contributed by atoms with Crippen LogP contribution in [0.25, 0.3) is 0 Å². The van der Waals surface area contributed by atoms with Crippen molar-refractivity contribution in [1.82, 2.24) is 14.7 Å². The van der Waals surface area contributed by atoms with Gasteiger partial charge in [0.25, 0.3) is 0 Å². The molecule has 2 rings (SSSR count). The van der Waals surface area contributed by atoms with Gasteiger partial charge in [-0.25, -0.2) is 0 Å². The van der Waals surface area contributed by atoms with Crippen LogP contribution in [0.3, 0.4) is 0 Å². The molecule has 2 aromatic rings. The number of nitrogens with one attached hydrogen (secondary N) is 1. The van der Waals surface area contributed by atoms with Gasteiger partial charge in [0.1, 0.15) is 11.8 Å². The van der Waals surface area contributed by atoms with Crippen molar-refractivity contribution >= 4 is 48.0 Å². The summed E-state index contributed by atoms with van der Waals surface area (Å²) in [6.07, 6.45) is 3.30. The smallest absolute Gasteiger partial charge is 0.247 e. The summed E-state index contributed by atoms with van der Waals surface area (Å²) in [6.45, 7) is 1.63. The number of hydrogen-bond acceptors (Lipinski definition) is 5. The maximum absolute atomic E-state index is 12.3. The fraction of sp³-hybridized carbons (Fsp3) is 0.312. The first-order valence-corrected chi connectivity index (χ1v) is 7.40. The van der Waals surface area contributed by atoms with Crippen molar-refractivity contribution in [2.24, 2.45) is 0 Å². The summed E-state index contributed by atoms with van der Waals surface area (Å²) in [7, 11) is 3.09. The van der Waals surface area contributed by atoms with Gasteiger partial charge in [-0.1, -0.05) is 0 Å². The Balaban J connectivity index is 0.00000312. The van der Waals surface area contributed by atoms with Crippen LogP contribution < -0.4 is 15.8 Å². The third-order valence-electron chi connectivity index (χ3n) is 3.57. The van der Waals surface area contributed by atoms with Gasteiger partial charge >= 0.3 is 0 Å². The Bertz CT molecular complexity index is 725. The molecule has 1 atom stereocenters. The van der Waals surface area contributed by atoms with Crippen LogP contribution in [0.1, 0.15) is 13.0 Å². The second kappa shape index (κ2) is 10.5. The molecule has 0 saturated heterocycles. The van der Waals surface area contributed by atoms with Crippen LogP contribution >= 0.6 is 24.8 Å². The van der Waals surface area contributed by atoms with Crippen LogP contribution in [-0.2, 0) is 9.59 Å². The molecule has 0 fully saturated rings. The van der Waals surface area contributed by atoms with Gasteiger partial charge < -0.3 is 20.7 Å². The van der Waals surface area contributed by atoms with E-state index >= 15 is 0 Å². The predicted molar refractivity (Wildman–Crippen MR) is 105 cm³/mol. The molecule has 1 aromatic carbocycles. The SMILES string of the molecule is COc1ccc(N)c(NC(=O)CN(C)C(=O)C(C)n2cccn2)c1.Cl.Cl. The molecule has 0 saturated carbocycles. The first-order chi connectivity index (χ1) is 11.4. The molecule has 0 aliphatic carbocycles. The Kier molecular flexibility index (Phi) is 9.53. The number of nitrogens with zero attached hydrogens (tertiary/aromatic N) is 3. The van der Waals surface area contributed by atoms with Gasteiger partial charge in [0.2, 0.25) is 11.8 Å². The highest BCUT2D eigenvalue weighted by atomic mass is 35.5. The summed E-state index contributed by atoms with van der Waals surface area (Å²) in [5.74, 6) is 0.0159. The minimum Gasteiger partial charge on any atom is -0.497 e. The van der Waals surface area contributed by atoms with Crippen LogP contribution in [-0.4, -0.2) is 47.2 Å². The molecule has 0 spiro atoms. The minimum atomic E-state index is -0.486. The quantitative estimate of drug-likeness (QED) is 0.717. The lowest BCUT2D eigenvalue weighted by Gasteiger charge is -2.21. The zero-order valence-electron chi connectivity index (χ0n) is 14.7. The van der Waals surface area contributed by atoms with Crippen LogP contribution in [0.15, 0.2) is 36.7 Å². The first-order valence-electron chi connectivity index (χ1n) is 7.40. The van der Waals surface area contributed by atoms with Gasteiger partial charge in [0.15, 0.2) is 0 Å². The molecule has 1 unspecified atom stereocenters. The highest BCUT2D eigenvalue weighted by Gasteiger charge is 2.21. The second-order valence-electron chi connectivity index (χ2n) is 5.36. The fourth-order valence-corrected chi connectivity index (χ4v) is 2.20. The molecular formula is C16H23Cl2N5O3. The van der Waals surface area contributed by atoms with Gasteiger partial charge in [-0.15, -0.1) is 24.8 Å². The second-order valence-corrected chi connectivity index (χ2v) is 5.36. The lowest BCUT2D eigenvalue weighted by molar-refractivity contribution is -0.136. The number of halogens is 2. The van der Waals surface area contributed by atoms with Crippen LogP contribution in [0.2, 0.25) is 0 Å². The topological polar surface area (TPSA) is 102 Å². The number of likely N-dealkylation sites (N-methyl/N-ethyl adjacent to an activating group) is 1. The van der Waals surface area contributed by atoms with Gasteiger partial charge in [-0.3, -0.25) is 14.3 Å². The van der Waals surface area contributed by atoms with E-state index in [1.54, 1.807) is 50.6 Å². The maximum atomic E-state index is 12.3. The summed E-state index contributed by atoms with van der Waals surface area (Å²) in [5.41, 5.74) is 6.70. The van der Waals surface area contributed by atoms with Crippen molar-refractivity contribution in [3.05, 3.63) is 36.7 Å². The molecule has 1 heterocycles. The fourth-order valence-electron chi connectivity index (χ4n) is 2.20. The first kappa shape index (κ1) is 23.5. The molecule has 0 bridgehead atoms. The minimum absolute atomic E-state index is 0. The number of amides is 2. The molecule has 0 aliphatic rings. The maximum Gasteiger partial charge on any atom is 0.247 e. The third-order valence-corrected chi connectivity index (χ3v) is 3.57. The van der Waals surface area contributed by atoms with Gasteiger partial charge in [0, 0.05) is 25.5 Å². The Labute approximate surface area is 164 Å². The van der Waals surface area contributed by atoms with Crippen molar-refractivity contribution in [3.8, 4) is 5.75 Å². The van der Waals surface area contributed by atoms with E-state index in [0.29, 0.717) is 17.1 Å². The Morgan fingerprint density at radius 1 is 1.38 bits per heavy atom. The Hall–Kier alpha value is -2.45. The van der Waals surface area contributed by atoms with Crippen LogP contribution in [0.4, 0.5) is 11.4 Å². The largest absolute Gasteiger partial charge is 0.497 e. The number of ether oxygens (including phenoxy) is 1. The van der Waals surface area contributed by atoms with Crippen LogP contribution in [0.5, 0.6) is 5.75 Å². The van der Waals surface area contributed by atoms with Crippen molar-refractivity contribution < 1.29 is 14.3 Å². The van der Waals surface area contributed by atoms with Crippen molar-refractivity contribution in [2.45, 2.75) is 13.0 Å². The number of nitrogen functional groups attached to an aromatic ring is 1. The van der Waals surface area contributed by atoms with Crippen molar-refractivity contribution in [3.63, 3.8) is 0 Å². The average Bonchev–Trinajstić information content (AvgIpc) is 3.09. The Morgan fingerprint density at radius 3 is 2.65 bits per heavy atom. The van der Waals surface area contributed by atoms with E-state index in [9.17, 15) is 9.59 Å². The normalized spacial score (nSPS) is 10.7. The summed E-state index contributed by atoms with van der Waals surface area (Å²) >= 11 is 0. The van der Waals surface area contributed by atoms with Gasteiger partial charge in [-0.2, -0.15) is 5.10 Å². The zero-order valence-corrected chi connectivity index (χ0v) is 16.3. The van der Waals surface area contributed by atoms with E-state index in [2.05, 4.69) is 10.4 Å². The van der Waals surface area contributed by atoms with E-state index in [4.69, 9.17) is 10.5 Å². The molecule has 10 heteroatoms. The number of methoxy groups -OCH3 is 1. The summed E-state index contributed by atoms with van der Waals surface area (Å²) in [4.78, 5) is 25.8. The highest BCUT2D eigenvalue weighted by molar-refractivity contribution is 5.97. The van der Waals surface area contributed by atoms with Crippen molar-refractivity contribution in [2.75, 3.05) is 31.8 Å². The van der Waals surface area contributed by atoms with Gasteiger partial charge in [-0.05, 0) is 25.1 Å². The summed E-state index contributed by atoms with van der Waals surface area (Å²) < 4.78 is 6.64. The predicted octanol–water partition coefficient (Wildman–Crippen LogP) is 1.98. The summed E-state index contributed by atoms with van der Waals surface area (Å²) in [5, 5.41) is 6.72. The number of aromatic nitrogens is 2. The van der Waals surface area contributed by atoms with E-state index in [0.717, 1.165) is 0 Å². The molecule has 144 valence electrons. The molecule has 3 N–H and O–H groups in total. The number of anilines is 2. The number of carbonyl (C=O) groups is 2. The molecule has 1 aromatic heterocycles. The van der Waals surface area contributed by atoms with Gasteiger partial charge in [0.05, 0.1) is 25.0 Å². The zero-order chi connectivity index (χ0) is 17.7.